The lowest BCUT2D eigenvalue weighted by molar-refractivity contribution is 0.0496. The summed E-state index contributed by atoms with van der Waals surface area (Å²) in [6, 6.07) is 10.7. The van der Waals surface area contributed by atoms with Crippen LogP contribution < -0.4 is 4.74 Å². The first kappa shape index (κ1) is 24.1. The van der Waals surface area contributed by atoms with Crippen molar-refractivity contribution in [3.8, 4) is 11.6 Å². The molecule has 1 aliphatic heterocycles. The van der Waals surface area contributed by atoms with Crippen molar-refractivity contribution in [1.29, 1.82) is 0 Å². The summed E-state index contributed by atoms with van der Waals surface area (Å²) in [6.07, 6.45) is 5.98. The van der Waals surface area contributed by atoms with Gasteiger partial charge >= 0.3 is 6.09 Å². The first-order valence-corrected chi connectivity index (χ1v) is 13.2. The largest absolute Gasteiger partial charge is 0.489 e. The predicted molar refractivity (Wildman–Crippen MR) is 130 cm³/mol. The van der Waals surface area contributed by atoms with Crippen molar-refractivity contribution in [2.24, 2.45) is 5.41 Å². The number of likely N-dealkylation sites (tertiary alicyclic amines) is 1. The molecule has 182 valence electrons. The van der Waals surface area contributed by atoms with Gasteiger partial charge in [-0.2, -0.15) is 0 Å². The summed E-state index contributed by atoms with van der Waals surface area (Å²) >= 11 is 0. The summed E-state index contributed by atoms with van der Waals surface area (Å²) in [5.41, 5.74) is 0.821. The molecule has 3 heterocycles. The Labute approximate surface area is 200 Å². The number of carbonyl (C=O) groups excluding carboxylic acids is 1. The van der Waals surface area contributed by atoms with Crippen LogP contribution in [0, 0.1) is 5.41 Å². The zero-order valence-corrected chi connectivity index (χ0v) is 20.8. The Kier molecular flexibility index (Phi) is 6.58. The van der Waals surface area contributed by atoms with Gasteiger partial charge in [0, 0.05) is 43.8 Å². The van der Waals surface area contributed by atoms with Gasteiger partial charge in [0.2, 0.25) is 0 Å². The van der Waals surface area contributed by atoms with Crippen LogP contribution in [0.3, 0.4) is 0 Å². The quantitative estimate of drug-likeness (QED) is 0.530. The lowest BCUT2D eigenvalue weighted by atomic mass is 9.99. The zero-order chi connectivity index (χ0) is 24.5. The van der Waals surface area contributed by atoms with E-state index in [-0.39, 0.29) is 17.6 Å². The van der Waals surface area contributed by atoms with Crippen LogP contribution in [-0.2, 0) is 14.6 Å². The van der Waals surface area contributed by atoms with Gasteiger partial charge in [-0.25, -0.2) is 18.2 Å². The van der Waals surface area contributed by atoms with Crippen LogP contribution >= 0.6 is 0 Å². The predicted octanol–water partition coefficient (Wildman–Crippen LogP) is 4.45. The van der Waals surface area contributed by atoms with Crippen LogP contribution in [0.2, 0.25) is 0 Å². The van der Waals surface area contributed by atoms with Crippen molar-refractivity contribution >= 4 is 26.8 Å². The van der Waals surface area contributed by atoms with E-state index < -0.39 is 9.84 Å². The maximum Gasteiger partial charge on any atom is 0.409 e. The molecule has 0 atom stereocenters. The number of sulfone groups is 1. The summed E-state index contributed by atoms with van der Waals surface area (Å²) in [4.78, 5) is 18.8. The van der Waals surface area contributed by atoms with Crippen LogP contribution in [0.15, 0.2) is 53.7 Å². The Morgan fingerprint density at radius 3 is 2.47 bits per heavy atom. The Bertz CT molecular complexity index is 1270. The standard InChI is InChI=1S/C25H31N3O5S/c1-25(2,3)17-32-24(29)27-12-10-19(11-13-27)33-20-5-8-23(26-16-20)28-14-9-18-15-21(34(4,30)31)6-7-22(18)28/h5-9,14-16,19H,10-13,17H2,1-4H3. The molecule has 1 aromatic carbocycles. The molecular formula is C25H31N3O5S. The Balaban J connectivity index is 1.36. The van der Waals surface area contributed by atoms with Crippen molar-refractivity contribution in [2.45, 2.75) is 44.6 Å². The lowest BCUT2D eigenvalue weighted by Crippen LogP contribution is -2.42. The molecule has 1 fully saturated rings. The molecule has 0 saturated carbocycles. The average Bonchev–Trinajstić information content (AvgIpc) is 3.21. The minimum Gasteiger partial charge on any atom is -0.489 e. The fourth-order valence-electron chi connectivity index (χ4n) is 3.85. The van der Waals surface area contributed by atoms with Crippen molar-refractivity contribution < 1.29 is 22.7 Å². The monoisotopic (exact) mass is 485 g/mol. The number of hydrogen-bond donors (Lipinski definition) is 0. The third-order valence-electron chi connectivity index (χ3n) is 5.69. The normalized spacial score (nSPS) is 15.5. The van der Waals surface area contributed by atoms with E-state index in [2.05, 4.69) is 4.98 Å². The second kappa shape index (κ2) is 9.29. The van der Waals surface area contributed by atoms with Gasteiger partial charge in [0.05, 0.1) is 23.2 Å². The zero-order valence-electron chi connectivity index (χ0n) is 20.0. The number of rotatable bonds is 5. The Morgan fingerprint density at radius 1 is 1.12 bits per heavy atom. The molecule has 1 aliphatic rings. The number of fused-ring (bicyclic) bond motifs is 1. The summed E-state index contributed by atoms with van der Waals surface area (Å²) in [7, 11) is -3.26. The molecule has 0 aliphatic carbocycles. The van der Waals surface area contributed by atoms with Crippen LogP contribution in [0.25, 0.3) is 16.7 Å². The Hall–Kier alpha value is -3.07. The SMILES string of the molecule is CC(C)(C)COC(=O)N1CCC(Oc2ccc(-n3ccc4cc(S(C)(=O)=O)ccc43)nc2)CC1. The summed E-state index contributed by atoms with van der Waals surface area (Å²) in [5, 5.41) is 0.831. The Morgan fingerprint density at radius 2 is 1.85 bits per heavy atom. The molecule has 8 nitrogen and oxygen atoms in total. The molecule has 2 aromatic heterocycles. The van der Waals surface area contributed by atoms with Gasteiger partial charge in [-0.3, -0.25) is 0 Å². The maximum absolute atomic E-state index is 12.2. The highest BCUT2D eigenvalue weighted by Gasteiger charge is 2.26. The van der Waals surface area contributed by atoms with Gasteiger partial charge < -0.3 is 18.9 Å². The van der Waals surface area contributed by atoms with Crippen LogP contribution in [0.4, 0.5) is 4.79 Å². The number of ether oxygens (including phenoxy) is 2. The van der Waals surface area contributed by atoms with Gasteiger partial charge in [-0.15, -0.1) is 0 Å². The van der Waals surface area contributed by atoms with Gasteiger partial charge in [0.15, 0.2) is 9.84 Å². The molecule has 0 spiro atoms. The number of amides is 1. The first-order valence-electron chi connectivity index (χ1n) is 11.4. The molecule has 3 aromatic rings. The van der Waals surface area contributed by atoms with Crippen LogP contribution in [-0.4, -0.2) is 61.0 Å². The fraction of sp³-hybridized carbons (Fsp3) is 0.440. The van der Waals surface area contributed by atoms with E-state index in [0.717, 1.165) is 23.7 Å². The third-order valence-corrected chi connectivity index (χ3v) is 6.80. The highest BCUT2D eigenvalue weighted by atomic mass is 32.2. The molecule has 0 radical (unpaired) electrons. The van der Waals surface area contributed by atoms with Crippen molar-refractivity contribution in [3.63, 3.8) is 0 Å². The number of hydrogen-bond acceptors (Lipinski definition) is 6. The van der Waals surface area contributed by atoms with E-state index in [4.69, 9.17) is 9.47 Å². The van der Waals surface area contributed by atoms with E-state index in [1.165, 1.54) is 6.26 Å². The molecule has 0 N–H and O–H groups in total. The average molecular weight is 486 g/mol. The fourth-order valence-corrected chi connectivity index (χ4v) is 4.51. The first-order chi connectivity index (χ1) is 16.0. The van der Waals surface area contributed by atoms with Crippen molar-refractivity contribution in [3.05, 3.63) is 48.8 Å². The number of carbonyl (C=O) groups is 1. The summed E-state index contributed by atoms with van der Waals surface area (Å²) in [6.45, 7) is 7.71. The molecule has 34 heavy (non-hydrogen) atoms. The number of piperidine rings is 1. The maximum atomic E-state index is 12.2. The summed E-state index contributed by atoms with van der Waals surface area (Å²) in [5.74, 6) is 1.39. The second-order valence-corrected chi connectivity index (χ2v) is 12.0. The number of benzene rings is 1. The number of nitrogens with zero attached hydrogens (tertiary/aromatic N) is 3. The topological polar surface area (TPSA) is 90.7 Å². The highest BCUT2D eigenvalue weighted by Crippen LogP contribution is 2.25. The minimum atomic E-state index is -3.26. The van der Waals surface area contributed by atoms with E-state index in [1.54, 1.807) is 29.3 Å². The van der Waals surface area contributed by atoms with Gasteiger partial charge in [-0.05, 0) is 41.8 Å². The van der Waals surface area contributed by atoms with Crippen molar-refractivity contribution in [2.75, 3.05) is 26.0 Å². The minimum absolute atomic E-state index is 0.0149. The molecular weight excluding hydrogens is 454 g/mol. The van der Waals surface area contributed by atoms with E-state index in [1.807, 2.05) is 49.7 Å². The van der Waals surface area contributed by atoms with Crippen molar-refractivity contribution in [1.82, 2.24) is 14.5 Å². The molecule has 0 unspecified atom stereocenters. The molecule has 4 rings (SSSR count). The molecule has 1 saturated heterocycles. The molecule has 9 heteroatoms. The van der Waals surface area contributed by atoms with E-state index in [0.29, 0.717) is 36.2 Å². The van der Waals surface area contributed by atoms with Gasteiger partial charge in [0.25, 0.3) is 0 Å². The number of pyridine rings is 1. The van der Waals surface area contributed by atoms with Gasteiger partial charge in [-0.1, -0.05) is 20.8 Å². The lowest BCUT2D eigenvalue weighted by Gasteiger charge is -2.32. The van der Waals surface area contributed by atoms with Crippen LogP contribution in [0.5, 0.6) is 5.75 Å². The van der Waals surface area contributed by atoms with E-state index in [9.17, 15) is 13.2 Å². The third kappa shape index (κ3) is 5.70. The van der Waals surface area contributed by atoms with Crippen LogP contribution in [0.1, 0.15) is 33.6 Å². The summed E-state index contributed by atoms with van der Waals surface area (Å²) < 4.78 is 37.0. The van der Waals surface area contributed by atoms with Gasteiger partial charge in [0.1, 0.15) is 17.7 Å². The highest BCUT2D eigenvalue weighted by molar-refractivity contribution is 7.90. The molecule has 0 bridgehead atoms. The van der Waals surface area contributed by atoms with E-state index >= 15 is 0 Å². The number of aromatic nitrogens is 2. The smallest absolute Gasteiger partial charge is 0.409 e. The molecule has 1 amide bonds. The second-order valence-electron chi connectivity index (χ2n) is 9.95.